The average Bonchev–Trinajstić information content (AvgIpc) is 3.26. The molecule has 5 rings (SSSR count). The van der Waals surface area contributed by atoms with Gasteiger partial charge < -0.3 is 9.47 Å². The smallest absolute Gasteiger partial charge is 0.338 e. The van der Waals surface area contributed by atoms with Crippen molar-refractivity contribution in [1.29, 1.82) is 0 Å². The summed E-state index contributed by atoms with van der Waals surface area (Å²) in [5.41, 5.74) is 3.46. The molecule has 0 N–H and O–H groups in total. The number of carbonyl (C=O) groups is 1. The Morgan fingerprint density at radius 2 is 1.84 bits per heavy atom. The molecule has 192 valence electrons. The van der Waals surface area contributed by atoms with Gasteiger partial charge in [-0.25, -0.2) is 9.79 Å². The summed E-state index contributed by atoms with van der Waals surface area (Å²) in [5.74, 6) is 0.227. The number of allylic oxidation sites excluding steroid dienone is 1. The highest BCUT2D eigenvalue weighted by Gasteiger charge is 2.33. The molecule has 1 aliphatic heterocycles. The minimum Gasteiger partial charge on any atom is -0.489 e. The fraction of sp³-hybridized carbons (Fsp3) is 0.167. The highest BCUT2D eigenvalue weighted by Crippen LogP contribution is 2.31. The summed E-state index contributed by atoms with van der Waals surface area (Å²) in [6.45, 7) is 2.34. The van der Waals surface area contributed by atoms with E-state index in [9.17, 15) is 9.59 Å². The molecule has 0 fully saturated rings. The van der Waals surface area contributed by atoms with Crippen LogP contribution in [0, 0.1) is 0 Å². The van der Waals surface area contributed by atoms with E-state index in [1.807, 2.05) is 91.9 Å². The highest BCUT2D eigenvalue weighted by molar-refractivity contribution is 7.07. The molecule has 0 unspecified atom stereocenters. The lowest BCUT2D eigenvalue weighted by atomic mass is 9.95. The number of benzene rings is 3. The average molecular weight is 545 g/mol. The number of methoxy groups -OCH3 is 1. The van der Waals surface area contributed by atoms with Gasteiger partial charge in [-0.1, -0.05) is 84.5 Å². The van der Waals surface area contributed by atoms with Crippen LogP contribution in [-0.4, -0.2) is 17.6 Å². The third-order valence-electron chi connectivity index (χ3n) is 6.24. The number of rotatable bonds is 7. The first-order chi connectivity index (χ1) is 18.5. The van der Waals surface area contributed by atoms with E-state index in [0.717, 1.165) is 16.7 Å². The van der Waals surface area contributed by atoms with Gasteiger partial charge in [0.2, 0.25) is 0 Å². The minimum atomic E-state index is -0.612. The number of hydrogen-bond acceptors (Lipinski definition) is 6. The molecule has 8 heteroatoms. The molecule has 0 amide bonds. The van der Waals surface area contributed by atoms with Crippen LogP contribution in [0.1, 0.15) is 36.1 Å². The summed E-state index contributed by atoms with van der Waals surface area (Å²) in [6.07, 6.45) is 2.37. The van der Waals surface area contributed by atoms with E-state index in [0.29, 0.717) is 44.4 Å². The molecule has 4 aromatic rings. The van der Waals surface area contributed by atoms with Gasteiger partial charge in [-0.15, -0.1) is 0 Å². The summed E-state index contributed by atoms with van der Waals surface area (Å²) < 4.78 is 13.1. The monoisotopic (exact) mass is 544 g/mol. The zero-order chi connectivity index (χ0) is 26.6. The van der Waals surface area contributed by atoms with Crippen molar-refractivity contribution in [3.8, 4) is 5.75 Å². The van der Waals surface area contributed by atoms with Gasteiger partial charge >= 0.3 is 5.97 Å². The fourth-order valence-electron chi connectivity index (χ4n) is 4.42. The van der Waals surface area contributed by atoms with Crippen LogP contribution < -0.4 is 19.6 Å². The lowest BCUT2D eigenvalue weighted by Gasteiger charge is -2.25. The lowest BCUT2D eigenvalue weighted by Crippen LogP contribution is -2.40. The van der Waals surface area contributed by atoms with Gasteiger partial charge in [0.15, 0.2) is 4.80 Å². The molecule has 0 bridgehead atoms. The van der Waals surface area contributed by atoms with Crippen molar-refractivity contribution in [2.75, 3.05) is 7.11 Å². The Labute approximate surface area is 228 Å². The first-order valence-electron chi connectivity index (χ1n) is 12.1. The number of ether oxygens (including phenoxy) is 2. The molecule has 1 atom stereocenters. The zero-order valence-corrected chi connectivity index (χ0v) is 22.5. The van der Waals surface area contributed by atoms with Crippen molar-refractivity contribution in [3.05, 3.63) is 132 Å². The largest absolute Gasteiger partial charge is 0.489 e. The number of thiazole rings is 1. The van der Waals surface area contributed by atoms with Crippen LogP contribution in [-0.2, 0) is 16.1 Å². The van der Waals surface area contributed by atoms with Crippen LogP contribution >= 0.6 is 22.9 Å². The van der Waals surface area contributed by atoms with Gasteiger partial charge in [-0.3, -0.25) is 9.36 Å². The van der Waals surface area contributed by atoms with Gasteiger partial charge in [0.1, 0.15) is 12.4 Å². The fourth-order valence-corrected chi connectivity index (χ4v) is 5.65. The van der Waals surface area contributed by atoms with E-state index in [1.165, 1.54) is 18.4 Å². The molecule has 1 aliphatic rings. The number of nitrogens with zero attached hydrogens (tertiary/aromatic N) is 2. The molecule has 0 aliphatic carbocycles. The predicted molar refractivity (Wildman–Crippen MR) is 149 cm³/mol. The SMILES string of the molecule is CCC1=C(C(=O)OC)[C@H](c2ccccc2)n2c(s/c(=C/c3ccc(OCc4cccc(Cl)c4)cc3)c2=O)=N1. The summed E-state index contributed by atoms with van der Waals surface area (Å²) in [6, 6.07) is 24.0. The first kappa shape index (κ1) is 25.7. The molecule has 0 spiro atoms. The van der Waals surface area contributed by atoms with E-state index in [1.54, 1.807) is 4.57 Å². The van der Waals surface area contributed by atoms with Gasteiger partial charge in [0.05, 0.1) is 29.0 Å². The molecule has 0 saturated heterocycles. The lowest BCUT2D eigenvalue weighted by molar-refractivity contribution is -0.136. The zero-order valence-electron chi connectivity index (χ0n) is 20.9. The first-order valence-corrected chi connectivity index (χ1v) is 13.3. The maximum atomic E-state index is 13.7. The minimum absolute atomic E-state index is 0.208. The van der Waals surface area contributed by atoms with E-state index in [4.69, 9.17) is 26.1 Å². The number of hydrogen-bond donors (Lipinski definition) is 0. The Morgan fingerprint density at radius 3 is 2.53 bits per heavy atom. The topological polar surface area (TPSA) is 69.9 Å². The van der Waals surface area contributed by atoms with Crippen molar-refractivity contribution < 1.29 is 14.3 Å². The van der Waals surface area contributed by atoms with Crippen LogP contribution in [0.2, 0.25) is 5.02 Å². The third kappa shape index (κ3) is 5.21. The second-order valence-electron chi connectivity index (χ2n) is 8.69. The van der Waals surface area contributed by atoms with Crippen LogP contribution in [0.25, 0.3) is 6.08 Å². The van der Waals surface area contributed by atoms with Crippen molar-refractivity contribution in [2.45, 2.75) is 26.0 Å². The van der Waals surface area contributed by atoms with Gasteiger partial charge in [-0.2, -0.15) is 0 Å². The summed E-state index contributed by atoms with van der Waals surface area (Å²) >= 11 is 7.35. The predicted octanol–water partition coefficient (Wildman–Crippen LogP) is 5.03. The Hall–Kier alpha value is -3.94. The van der Waals surface area contributed by atoms with E-state index < -0.39 is 12.0 Å². The summed E-state index contributed by atoms with van der Waals surface area (Å²) in [5, 5.41) is 0.669. The molecule has 0 radical (unpaired) electrons. The molecule has 3 aromatic carbocycles. The van der Waals surface area contributed by atoms with Crippen LogP contribution in [0.4, 0.5) is 0 Å². The van der Waals surface area contributed by atoms with Crippen molar-refractivity contribution >= 4 is 35.0 Å². The number of fused-ring (bicyclic) bond motifs is 1. The standard InChI is InChI=1S/C30H25ClN2O4S/c1-3-24-26(29(35)36-2)27(21-9-5-4-6-10-21)33-28(34)25(38-30(33)32-24)17-19-12-14-23(15-13-19)37-18-20-8-7-11-22(31)16-20/h4-17,27H,3,18H2,1-2H3/b25-17+/t27-/m0/s1. The van der Waals surface area contributed by atoms with Crippen LogP contribution in [0.3, 0.4) is 0 Å². The Morgan fingerprint density at radius 1 is 1.08 bits per heavy atom. The molecule has 38 heavy (non-hydrogen) atoms. The van der Waals surface area contributed by atoms with Gasteiger partial charge in [0, 0.05) is 5.02 Å². The van der Waals surface area contributed by atoms with Crippen molar-refractivity contribution in [3.63, 3.8) is 0 Å². The maximum absolute atomic E-state index is 13.7. The Kier molecular flexibility index (Phi) is 7.58. The van der Waals surface area contributed by atoms with E-state index >= 15 is 0 Å². The number of esters is 1. The normalized spacial score (nSPS) is 15.1. The van der Waals surface area contributed by atoms with E-state index in [-0.39, 0.29) is 5.56 Å². The molecule has 0 saturated carbocycles. The summed E-state index contributed by atoms with van der Waals surface area (Å²) in [4.78, 5) is 31.8. The van der Waals surface area contributed by atoms with E-state index in [2.05, 4.69) is 0 Å². The quantitative estimate of drug-likeness (QED) is 0.306. The molecule has 2 heterocycles. The molecular formula is C30H25ClN2O4S. The molecule has 6 nitrogen and oxygen atoms in total. The number of aromatic nitrogens is 1. The third-order valence-corrected chi connectivity index (χ3v) is 7.46. The maximum Gasteiger partial charge on any atom is 0.338 e. The van der Waals surface area contributed by atoms with Gasteiger partial charge in [-0.05, 0) is 53.5 Å². The second kappa shape index (κ2) is 11.2. The van der Waals surface area contributed by atoms with Crippen molar-refractivity contribution in [1.82, 2.24) is 4.57 Å². The molecular weight excluding hydrogens is 520 g/mol. The van der Waals surface area contributed by atoms with Gasteiger partial charge in [0.25, 0.3) is 5.56 Å². The van der Waals surface area contributed by atoms with Crippen LogP contribution in [0.5, 0.6) is 5.75 Å². The van der Waals surface area contributed by atoms with Crippen LogP contribution in [0.15, 0.2) is 99.9 Å². The number of carbonyl (C=O) groups excluding carboxylic acids is 1. The van der Waals surface area contributed by atoms with Crippen molar-refractivity contribution in [2.24, 2.45) is 4.99 Å². The second-order valence-corrected chi connectivity index (χ2v) is 10.1. The Bertz CT molecular complexity index is 1690. The number of halogens is 1. The summed E-state index contributed by atoms with van der Waals surface area (Å²) in [7, 11) is 1.35. The molecule has 1 aromatic heterocycles. The highest BCUT2D eigenvalue weighted by atomic mass is 35.5. The Balaban J connectivity index is 1.50.